The normalized spacial score (nSPS) is 33.4. The van der Waals surface area contributed by atoms with Gasteiger partial charge in [-0.15, -0.1) is 0 Å². The van der Waals surface area contributed by atoms with Gasteiger partial charge in [0.1, 0.15) is 0 Å². The summed E-state index contributed by atoms with van der Waals surface area (Å²) in [5.74, 6) is 0.762. The van der Waals surface area contributed by atoms with E-state index in [1.807, 2.05) is 4.90 Å². The van der Waals surface area contributed by atoms with Crippen molar-refractivity contribution in [3.8, 4) is 0 Å². The number of nitrogens with one attached hydrogen (secondary N) is 1. The number of aliphatic hydroxyl groups is 1. The fourth-order valence-corrected chi connectivity index (χ4v) is 3.20. The van der Waals surface area contributed by atoms with E-state index in [0.717, 1.165) is 45.2 Å². The number of rotatable bonds is 4. The lowest BCUT2D eigenvalue weighted by Crippen LogP contribution is -2.53. The Labute approximate surface area is 110 Å². The predicted molar refractivity (Wildman–Crippen MR) is 71.2 cm³/mol. The molecule has 4 nitrogen and oxygen atoms in total. The van der Waals surface area contributed by atoms with Crippen LogP contribution < -0.4 is 5.32 Å². The third kappa shape index (κ3) is 3.45. The highest BCUT2D eigenvalue weighted by Crippen LogP contribution is 2.27. The van der Waals surface area contributed by atoms with Crippen molar-refractivity contribution in [3.05, 3.63) is 0 Å². The molecule has 0 aromatic rings. The van der Waals surface area contributed by atoms with Gasteiger partial charge in [0, 0.05) is 19.1 Å². The van der Waals surface area contributed by atoms with Gasteiger partial charge in [-0.2, -0.15) is 0 Å². The van der Waals surface area contributed by atoms with E-state index in [-0.39, 0.29) is 18.1 Å². The molecular weight excluding hydrogens is 228 g/mol. The van der Waals surface area contributed by atoms with E-state index in [2.05, 4.69) is 19.2 Å². The second-order valence-corrected chi connectivity index (χ2v) is 6.13. The highest BCUT2D eigenvalue weighted by Gasteiger charge is 2.32. The van der Waals surface area contributed by atoms with Crippen LogP contribution in [0.5, 0.6) is 0 Å². The molecular formula is C14H26N2O2. The average molecular weight is 254 g/mol. The molecule has 104 valence electrons. The van der Waals surface area contributed by atoms with Crippen LogP contribution in [0.25, 0.3) is 0 Å². The molecule has 2 aliphatic rings. The third-order valence-corrected chi connectivity index (χ3v) is 4.06. The van der Waals surface area contributed by atoms with E-state index in [1.54, 1.807) is 0 Å². The summed E-state index contributed by atoms with van der Waals surface area (Å²) in [6.45, 7) is 5.90. The zero-order valence-corrected chi connectivity index (χ0v) is 11.6. The summed E-state index contributed by atoms with van der Waals surface area (Å²) in [5, 5.41) is 12.9. The molecule has 1 amide bonds. The second-order valence-electron chi connectivity index (χ2n) is 6.13. The Bertz CT molecular complexity index is 294. The molecule has 1 saturated carbocycles. The van der Waals surface area contributed by atoms with E-state index in [0.29, 0.717) is 12.0 Å². The first kappa shape index (κ1) is 13.8. The Balaban J connectivity index is 1.86. The molecule has 1 aliphatic carbocycles. The smallest absolute Gasteiger partial charge is 0.239 e. The maximum Gasteiger partial charge on any atom is 0.239 e. The molecule has 18 heavy (non-hydrogen) atoms. The van der Waals surface area contributed by atoms with E-state index in [1.165, 1.54) is 0 Å². The summed E-state index contributed by atoms with van der Waals surface area (Å²) < 4.78 is 0. The maximum atomic E-state index is 12.3. The summed E-state index contributed by atoms with van der Waals surface area (Å²) in [7, 11) is 0. The predicted octanol–water partition coefficient (Wildman–Crippen LogP) is 1.14. The summed E-state index contributed by atoms with van der Waals surface area (Å²) in [5.41, 5.74) is 0. The van der Waals surface area contributed by atoms with Gasteiger partial charge in [-0.05, 0) is 38.0 Å². The summed E-state index contributed by atoms with van der Waals surface area (Å²) in [6.07, 6.45) is 4.74. The molecule has 0 bridgehead atoms. The van der Waals surface area contributed by atoms with Crippen molar-refractivity contribution in [3.63, 3.8) is 0 Å². The summed E-state index contributed by atoms with van der Waals surface area (Å²) >= 11 is 0. The van der Waals surface area contributed by atoms with Gasteiger partial charge in [0.25, 0.3) is 0 Å². The Hall–Kier alpha value is -0.610. The Morgan fingerprint density at radius 1 is 1.39 bits per heavy atom. The average Bonchev–Trinajstić information content (AvgIpc) is 2.69. The number of hydrogen-bond acceptors (Lipinski definition) is 3. The molecule has 1 heterocycles. The lowest BCUT2D eigenvalue weighted by molar-refractivity contribution is -0.136. The number of aliphatic hydroxyl groups excluding tert-OH is 1. The third-order valence-electron chi connectivity index (χ3n) is 4.06. The highest BCUT2D eigenvalue weighted by molar-refractivity contribution is 5.82. The van der Waals surface area contributed by atoms with Crippen molar-refractivity contribution in [2.24, 2.45) is 5.92 Å². The Morgan fingerprint density at radius 2 is 2.17 bits per heavy atom. The summed E-state index contributed by atoms with van der Waals surface area (Å²) in [4.78, 5) is 14.3. The molecule has 1 aliphatic heterocycles. The van der Waals surface area contributed by atoms with Crippen molar-refractivity contribution in [1.82, 2.24) is 10.2 Å². The van der Waals surface area contributed by atoms with Gasteiger partial charge in [-0.3, -0.25) is 4.79 Å². The number of carbonyl (C=O) groups excluding carboxylic acids is 1. The molecule has 0 radical (unpaired) electrons. The lowest BCUT2D eigenvalue weighted by atomic mass is 10.0. The van der Waals surface area contributed by atoms with E-state index in [9.17, 15) is 9.90 Å². The van der Waals surface area contributed by atoms with Crippen LogP contribution in [-0.4, -0.2) is 47.2 Å². The van der Waals surface area contributed by atoms with Crippen LogP contribution in [0, 0.1) is 5.92 Å². The maximum absolute atomic E-state index is 12.3. The lowest BCUT2D eigenvalue weighted by Gasteiger charge is -2.35. The van der Waals surface area contributed by atoms with Crippen molar-refractivity contribution >= 4 is 5.91 Å². The van der Waals surface area contributed by atoms with Crippen LogP contribution in [0.4, 0.5) is 0 Å². The van der Waals surface area contributed by atoms with Crippen LogP contribution in [-0.2, 0) is 4.79 Å². The zero-order valence-electron chi connectivity index (χ0n) is 11.6. The topological polar surface area (TPSA) is 52.6 Å². The van der Waals surface area contributed by atoms with Gasteiger partial charge >= 0.3 is 0 Å². The molecule has 1 saturated heterocycles. The minimum absolute atomic E-state index is 0.00470. The molecule has 0 aromatic carbocycles. The van der Waals surface area contributed by atoms with Gasteiger partial charge in [-0.1, -0.05) is 13.8 Å². The van der Waals surface area contributed by atoms with Gasteiger partial charge in [0.2, 0.25) is 5.91 Å². The molecule has 2 rings (SSSR count). The Morgan fingerprint density at radius 3 is 2.78 bits per heavy atom. The van der Waals surface area contributed by atoms with E-state index in [4.69, 9.17) is 0 Å². The highest BCUT2D eigenvalue weighted by atomic mass is 16.3. The molecule has 2 N–H and O–H groups in total. The number of nitrogens with zero attached hydrogens (tertiary/aromatic N) is 1. The van der Waals surface area contributed by atoms with Gasteiger partial charge in [0.05, 0.1) is 12.1 Å². The number of amides is 1. The van der Waals surface area contributed by atoms with Crippen molar-refractivity contribution in [1.29, 1.82) is 0 Å². The summed E-state index contributed by atoms with van der Waals surface area (Å²) in [6, 6.07) is 0.359. The Kier molecular flexibility index (Phi) is 4.62. The minimum Gasteiger partial charge on any atom is -0.393 e. The van der Waals surface area contributed by atoms with Gasteiger partial charge in [0.15, 0.2) is 0 Å². The molecule has 0 aromatic heterocycles. The first-order valence-electron chi connectivity index (χ1n) is 7.29. The molecule has 3 unspecified atom stereocenters. The SMILES string of the molecule is CC(C)NC1CCCN(CC2CCC(O)C2)C1=O. The second kappa shape index (κ2) is 6.02. The number of piperidine rings is 1. The van der Waals surface area contributed by atoms with E-state index < -0.39 is 0 Å². The van der Waals surface area contributed by atoms with Crippen molar-refractivity contribution in [2.75, 3.05) is 13.1 Å². The number of likely N-dealkylation sites (tertiary alicyclic amines) is 1. The van der Waals surface area contributed by atoms with Crippen LogP contribution in [0.1, 0.15) is 46.0 Å². The van der Waals surface area contributed by atoms with Gasteiger partial charge < -0.3 is 15.3 Å². The molecule has 2 fully saturated rings. The first-order valence-corrected chi connectivity index (χ1v) is 7.29. The fraction of sp³-hybridized carbons (Fsp3) is 0.929. The first-order chi connectivity index (χ1) is 8.56. The zero-order chi connectivity index (χ0) is 13.1. The van der Waals surface area contributed by atoms with Crippen LogP contribution in [0.2, 0.25) is 0 Å². The van der Waals surface area contributed by atoms with Crippen LogP contribution in [0.15, 0.2) is 0 Å². The van der Waals surface area contributed by atoms with Crippen LogP contribution in [0.3, 0.4) is 0 Å². The quantitative estimate of drug-likeness (QED) is 0.791. The van der Waals surface area contributed by atoms with E-state index >= 15 is 0 Å². The fourth-order valence-electron chi connectivity index (χ4n) is 3.20. The van der Waals surface area contributed by atoms with Crippen LogP contribution >= 0.6 is 0 Å². The number of hydrogen-bond donors (Lipinski definition) is 2. The van der Waals surface area contributed by atoms with Crippen molar-refractivity contribution in [2.45, 2.75) is 64.1 Å². The monoisotopic (exact) mass is 254 g/mol. The molecule has 0 spiro atoms. The minimum atomic E-state index is -0.139. The van der Waals surface area contributed by atoms with Gasteiger partial charge in [-0.25, -0.2) is 0 Å². The molecule has 3 atom stereocenters. The largest absolute Gasteiger partial charge is 0.393 e. The standard InChI is InChI=1S/C14H26N2O2/c1-10(2)15-13-4-3-7-16(14(13)18)9-11-5-6-12(17)8-11/h10-13,15,17H,3-9H2,1-2H3. The van der Waals surface area contributed by atoms with Crippen molar-refractivity contribution < 1.29 is 9.90 Å². The number of carbonyl (C=O) groups is 1. The molecule has 4 heteroatoms.